The van der Waals surface area contributed by atoms with Crippen LogP contribution in [0.5, 0.6) is 17.2 Å². The van der Waals surface area contributed by atoms with Gasteiger partial charge in [0.25, 0.3) is 5.91 Å². The van der Waals surface area contributed by atoms with Crippen molar-refractivity contribution < 1.29 is 24.2 Å². The first kappa shape index (κ1) is 21.8. The number of ether oxygens (including phenoxy) is 2. The zero-order valence-corrected chi connectivity index (χ0v) is 17.2. The molecular formula is C21H23N5O5. The Kier molecular flexibility index (Phi) is 7.15. The van der Waals surface area contributed by atoms with Gasteiger partial charge in [0.2, 0.25) is 5.82 Å². The minimum Gasteiger partial charge on any atom is -0.507 e. The molecule has 10 nitrogen and oxygen atoms in total. The SMILES string of the molecule is CCCc1c(OCCOc2ccc(NC(=O)c3nnn[nH]3)cc2)ccc(C(C)=O)c1O. The van der Waals surface area contributed by atoms with Crippen molar-refractivity contribution in [2.45, 2.75) is 26.7 Å². The number of hydrogen-bond donors (Lipinski definition) is 3. The molecule has 0 aliphatic rings. The molecule has 1 aromatic heterocycles. The summed E-state index contributed by atoms with van der Waals surface area (Å²) in [7, 11) is 0. The van der Waals surface area contributed by atoms with Crippen molar-refractivity contribution in [2.24, 2.45) is 0 Å². The monoisotopic (exact) mass is 425 g/mol. The van der Waals surface area contributed by atoms with Gasteiger partial charge in [-0.05, 0) is 60.2 Å². The second kappa shape index (κ2) is 10.2. The van der Waals surface area contributed by atoms with Crippen LogP contribution in [0.25, 0.3) is 0 Å². The number of carbonyl (C=O) groups is 2. The summed E-state index contributed by atoms with van der Waals surface area (Å²) in [6.45, 7) is 3.94. The Balaban J connectivity index is 1.52. The highest BCUT2D eigenvalue weighted by atomic mass is 16.5. The summed E-state index contributed by atoms with van der Waals surface area (Å²) < 4.78 is 11.4. The summed E-state index contributed by atoms with van der Waals surface area (Å²) in [6.07, 6.45) is 1.40. The summed E-state index contributed by atoms with van der Waals surface area (Å²) in [5, 5.41) is 25.7. The highest BCUT2D eigenvalue weighted by Crippen LogP contribution is 2.33. The van der Waals surface area contributed by atoms with Crippen molar-refractivity contribution in [1.82, 2.24) is 20.6 Å². The van der Waals surface area contributed by atoms with Crippen LogP contribution in [0.1, 0.15) is 46.8 Å². The fraction of sp³-hybridized carbons (Fsp3) is 0.286. The number of nitrogens with zero attached hydrogens (tertiary/aromatic N) is 3. The van der Waals surface area contributed by atoms with E-state index in [4.69, 9.17) is 9.47 Å². The number of benzene rings is 2. The molecule has 0 unspecified atom stereocenters. The van der Waals surface area contributed by atoms with Crippen LogP contribution in [-0.2, 0) is 6.42 Å². The number of ketones is 1. The molecule has 0 bridgehead atoms. The molecule has 0 radical (unpaired) electrons. The lowest BCUT2D eigenvalue weighted by Crippen LogP contribution is -2.14. The number of nitrogens with one attached hydrogen (secondary N) is 2. The second-order valence-electron chi connectivity index (χ2n) is 6.67. The van der Waals surface area contributed by atoms with Crippen LogP contribution in [0.15, 0.2) is 36.4 Å². The molecule has 0 atom stereocenters. The summed E-state index contributed by atoms with van der Waals surface area (Å²) >= 11 is 0. The number of tetrazole rings is 1. The average Bonchev–Trinajstić information content (AvgIpc) is 3.29. The summed E-state index contributed by atoms with van der Waals surface area (Å²) in [5.41, 5.74) is 1.48. The van der Waals surface area contributed by atoms with Gasteiger partial charge < -0.3 is 19.9 Å². The van der Waals surface area contributed by atoms with Crippen LogP contribution in [0.2, 0.25) is 0 Å². The van der Waals surface area contributed by atoms with Gasteiger partial charge in [-0.3, -0.25) is 9.59 Å². The van der Waals surface area contributed by atoms with Gasteiger partial charge in [0.15, 0.2) is 5.78 Å². The lowest BCUT2D eigenvalue weighted by atomic mass is 10.0. The van der Waals surface area contributed by atoms with Gasteiger partial charge >= 0.3 is 0 Å². The first-order valence-corrected chi connectivity index (χ1v) is 9.76. The normalized spacial score (nSPS) is 10.5. The van der Waals surface area contributed by atoms with Gasteiger partial charge in [-0.25, -0.2) is 5.10 Å². The van der Waals surface area contributed by atoms with E-state index >= 15 is 0 Å². The molecule has 3 N–H and O–H groups in total. The topological polar surface area (TPSA) is 139 Å². The van der Waals surface area contributed by atoms with E-state index in [0.29, 0.717) is 34.7 Å². The minimum atomic E-state index is -0.450. The van der Waals surface area contributed by atoms with E-state index < -0.39 is 5.91 Å². The number of hydrogen-bond acceptors (Lipinski definition) is 8. The molecule has 3 aromatic rings. The van der Waals surface area contributed by atoms with Crippen molar-refractivity contribution in [2.75, 3.05) is 18.5 Å². The van der Waals surface area contributed by atoms with Gasteiger partial charge in [0, 0.05) is 11.3 Å². The highest BCUT2D eigenvalue weighted by Gasteiger charge is 2.16. The predicted octanol–water partition coefficient (Wildman–Crippen LogP) is 2.77. The van der Waals surface area contributed by atoms with Gasteiger partial charge in [0.05, 0.1) is 5.56 Å². The predicted molar refractivity (Wildman–Crippen MR) is 112 cm³/mol. The quantitative estimate of drug-likeness (QED) is 0.333. The molecule has 162 valence electrons. The number of Topliss-reactive ketones (excluding diaryl/α,β-unsaturated/α-hetero) is 1. The number of anilines is 1. The van der Waals surface area contributed by atoms with Crippen molar-refractivity contribution in [1.29, 1.82) is 0 Å². The number of amides is 1. The lowest BCUT2D eigenvalue weighted by Gasteiger charge is -2.15. The lowest BCUT2D eigenvalue weighted by molar-refractivity contribution is 0.100. The van der Waals surface area contributed by atoms with E-state index in [1.807, 2.05) is 6.92 Å². The third kappa shape index (κ3) is 5.56. The molecule has 0 aliphatic carbocycles. The van der Waals surface area contributed by atoms with E-state index in [1.165, 1.54) is 6.92 Å². The number of carbonyl (C=O) groups excluding carboxylic acids is 2. The molecule has 0 fully saturated rings. The zero-order valence-electron chi connectivity index (χ0n) is 17.2. The van der Waals surface area contributed by atoms with Gasteiger partial charge in [0.1, 0.15) is 30.5 Å². The van der Waals surface area contributed by atoms with Crippen molar-refractivity contribution in [3.8, 4) is 17.2 Å². The van der Waals surface area contributed by atoms with Crippen molar-refractivity contribution in [3.05, 3.63) is 53.3 Å². The Bertz CT molecular complexity index is 1040. The molecule has 1 amide bonds. The van der Waals surface area contributed by atoms with E-state index in [-0.39, 0.29) is 30.6 Å². The number of aromatic nitrogens is 4. The number of H-pyrrole nitrogens is 1. The fourth-order valence-corrected chi connectivity index (χ4v) is 2.92. The van der Waals surface area contributed by atoms with E-state index in [0.717, 1.165) is 6.42 Å². The molecule has 3 rings (SSSR count). The molecule has 0 aliphatic heterocycles. The van der Waals surface area contributed by atoms with Gasteiger partial charge in [-0.1, -0.05) is 13.3 Å². The molecule has 31 heavy (non-hydrogen) atoms. The van der Waals surface area contributed by atoms with Crippen LogP contribution < -0.4 is 14.8 Å². The summed E-state index contributed by atoms with van der Waals surface area (Å²) in [5.74, 6) is 0.490. The number of phenols is 1. The van der Waals surface area contributed by atoms with Crippen molar-refractivity contribution >= 4 is 17.4 Å². The Morgan fingerprint density at radius 1 is 1.10 bits per heavy atom. The van der Waals surface area contributed by atoms with Crippen LogP contribution in [-0.4, -0.2) is 50.6 Å². The summed E-state index contributed by atoms with van der Waals surface area (Å²) in [6, 6.07) is 10.1. The Morgan fingerprint density at radius 2 is 1.84 bits per heavy atom. The third-order valence-electron chi connectivity index (χ3n) is 4.40. The Morgan fingerprint density at radius 3 is 2.48 bits per heavy atom. The maximum atomic E-state index is 11.9. The van der Waals surface area contributed by atoms with Gasteiger partial charge in [-0.2, -0.15) is 0 Å². The van der Waals surface area contributed by atoms with Crippen molar-refractivity contribution in [3.63, 3.8) is 0 Å². The first-order valence-electron chi connectivity index (χ1n) is 9.76. The molecule has 0 saturated carbocycles. The van der Waals surface area contributed by atoms with Crippen LogP contribution >= 0.6 is 0 Å². The molecule has 10 heteroatoms. The van der Waals surface area contributed by atoms with Crippen LogP contribution in [0, 0.1) is 0 Å². The highest BCUT2D eigenvalue weighted by molar-refractivity contribution is 6.01. The van der Waals surface area contributed by atoms with Crippen LogP contribution in [0.4, 0.5) is 5.69 Å². The first-order chi connectivity index (χ1) is 15.0. The number of rotatable bonds is 10. The minimum absolute atomic E-state index is 0.0160. The standard InChI is InChI=1S/C21H23N5O5/c1-3-4-17-18(10-9-16(13(2)27)19(17)28)31-12-11-30-15-7-5-14(6-8-15)22-21(29)20-23-25-26-24-20/h5-10,28H,3-4,11-12H2,1-2H3,(H,22,29)(H,23,24,25,26). The molecule has 1 heterocycles. The van der Waals surface area contributed by atoms with Gasteiger partial charge in [-0.15, -0.1) is 5.10 Å². The number of aromatic amines is 1. The molecular weight excluding hydrogens is 402 g/mol. The fourth-order valence-electron chi connectivity index (χ4n) is 2.92. The average molecular weight is 425 g/mol. The molecule has 2 aromatic carbocycles. The third-order valence-corrected chi connectivity index (χ3v) is 4.40. The summed E-state index contributed by atoms with van der Waals surface area (Å²) in [4.78, 5) is 23.5. The molecule has 0 saturated heterocycles. The Hall–Kier alpha value is -3.95. The smallest absolute Gasteiger partial charge is 0.294 e. The zero-order chi connectivity index (χ0) is 22.2. The maximum Gasteiger partial charge on any atom is 0.294 e. The largest absolute Gasteiger partial charge is 0.507 e. The Labute approximate surface area is 178 Å². The number of aromatic hydroxyl groups is 1. The maximum absolute atomic E-state index is 11.9. The van der Waals surface area contributed by atoms with E-state index in [2.05, 4.69) is 25.9 Å². The van der Waals surface area contributed by atoms with Crippen LogP contribution in [0.3, 0.4) is 0 Å². The van der Waals surface area contributed by atoms with E-state index in [1.54, 1.807) is 36.4 Å². The molecule has 0 spiro atoms. The number of phenolic OH excluding ortho intramolecular Hbond substituents is 1. The second-order valence-corrected chi connectivity index (χ2v) is 6.67. The van der Waals surface area contributed by atoms with E-state index in [9.17, 15) is 14.7 Å².